The van der Waals surface area contributed by atoms with Crippen molar-refractivity contribution in [2.24, 2.45) is 0 Å². The molecule has 1 amide bonds. The number of amides is 1. The molecule has 1 aromatic rings. The largest absolute Gasteiger partial charge is 0.365 e. The molecule has 0 aromatic carbocycles. The van der Waals surface area contributed by atoms with E-state index in [0.717, 1.165) is 42.8 Å². The number of anilines is 1. The lowest BCUT2D eigenvalue weighted by Crippen LogP contribution is -2.39. The van der Waals surface area contributed by atoms with Gasteiger partial charge in [-0.1, -0.05) is 19.8 Å². The van der Waals surface area contributed by atoms with E-state index in [2.05, 4.69) is 29.1 Å². The van der Waals surface area contributed by atoms with Crippen LogP contribution in [0.1, 0.15) is 71.1 Å². The molecule has 1 N–H and O–H groups in total. The average molecular weight is 381 g/mol. The van der Waals surface area contributed by atoms with Gasteiger partial charge >= 0.3 is 0 Å². The minimum atomic E-state index is -0.231. The van der Waals surface area contributed by atoms with Gasteiger partial charge in [0.05, 0.1) is 12.2 Å². The van der Waals surface area contributed by atoms with Crippen molar-refractivity contribution in [2.45, 2.75) is 78.3 Å². The number of aromatic nitrogens is 2. The maximum absolute atomic E-state index is 11.7. The van der Waals surface area contributed by atoms with Gasteiger partial charge in [-0.15, -0.1) is 0 Å². The first-order chi connectivity index (χ1) is 12.2. The lowest BCUT2D eigenvalue weighted by atomic mass is 9.88. The molecular weight excluding hydrogens is 352 g/mol. The number of fused-ring (bicyclic) bond motifs is 1. The first-order valence-corrected chi connectivity index (χ1v) is 9.70. The molecule has 1 aliphatic rings. The second kappa shape index (κ2) is 8.80. The maximum atomic E-state index is 11.7. The molecule has 0 aliphatic carbocycles. The smallest absolute Gasteiger partial charge is 0.224 e. The second-order valence-corrected chi connectivity index (χ2v) is 7.79. The Balaban J connectivity index is 2.28. The zero-order valence-corrected chi connectivity index (χ0v) is 16.9. The van der Waals surface area contributed by atoms with Crippen molar-refractivity contribution in [2.75, 3.05) is 11.9 Å². The summed E-state index contributed by atoms with van der Waals surface area (Å²) in [5, 5.41) is 3.75. The molecule has 1 aromatic heterocycles. The van der Waals surface area contributed by atoms with E-state index < -0.39 is 0 Å². The van der Waals surface area contributed by atoms with E-state index in [-0.39, 0.29) is 22.5 Å². The van der Waals surface area contributed by atoms with Crippen molar-refractivity contribution in [1.29, 1.82) is 0 Å². The predicted molar refractivity (Wildman–Crippen MR) is 103 cm³/mol. The molecule has 6 nitrogen and oxygen atoms in total. The van der Waals surface area contributed by atoms with Crippen molar-refractivity contribution in [1.82, 2.24) is 14.9 Å². The van der Waals surface area contributed by atoms with E-state index in [1.807, 2.05) is 0 Å². The summed E-state index contributed by atoms with van der Waals surface area (Å²) in [6.07, 6.45) is 5.09. The Morgan fingerprint density at radius 2 is 2.00 bits per heavy atom. The number of carbonyl (C=O) groups excluding carboxylic acids is 2. The van der Waals surface area contributed by atoms with E-state index in [0.29, 0.717) is 25.9 Å². The minimum Gasteiger partial charge on any atom is -0.365 e. The van der Waals surface area contributed by atoms with Gasteiger partial charge in [-0.25, -0.2) is 9.97 Å². The van der Waals surface area contributed by atoms with Gasteiger partial charge in [0, 0.05) is 31.0 Å². The number of unbranched alkanes of at least 4 members (excludes halogenated alkanes) is 1. The van der Waals surface area contributed by atoms with Crippen LogP contribution >= 0.6 is 11.6 Å². The summed E-state index contributed by atoms with van der Waals surface area (Å²) in [6.45, 7) is 8.60. The van der Waals surface area contributed by atoms with Crippen LogP contribution in [0.3, 0.4) is 0 Å². The summed E-state index contributed by atoms with van der Waals surface area (Å²) >= 11 is 6.15. The Morgan fingerprint density at radius 3 is 2.62 bits per heavy atom. The summed E-state index contributed by atoms with van der Waals surface area (Å²) in [5.41, 5.74) is 1.60. The number of Topliss-reactive ketones (excluding diaryl/α,β-unsaturated/α-hetero) is 1. The van der Waals surface area contributed by atoms with Crippen LogP contribution < -0.4 is 5.32 Å². The first kappa shape index (κ1) is 20.6. The zero-order chi connectivity index (χ0) is 19.3. The predicted octanol–water partition coefficient (Wildman–Crippen LogP) is 3.76. The molecule has 1 aliphatic heterocycles. The van der Waals surface area contributed by atoms with Gasteiger partial charge < -0.3 is 15.0 Å². The van der Waals surface area contributed by atoms with Gasteiger partial charge in [-0.3, -0.25) is 4.79 Å². The van der Waals surface area contributed by atoms with Crippen LogP contribution in [-0.2, 0) is 22.6 Å². The summed E-state index contributed by atoms with van der Waals surface area (Å²) < 4.78 is 0. The molecule has 0 saturated heterocycles. The fraction of sp³-hybridized carbons (Fsp3) is 0.684. The number of hydrogen-bond acceptors (Lipinski definition) is 5. The van der Waals surface area contributed by atoms with Crippen LogP contribution in [0.15, 0.2) is 0 Å². The highest BCUT2D eigenvalue weighted by molar-refractivity contribution is 6.28. The third-order valence-electron chi connectivity index (χ3n) is 5.01. The van der Waals surface area contributed by atoms with Crippen LogP contribution in [0.25, 0.3) is 0 Å². The summed E-state index contributed by atoms with van der Waals surface area (Å²) in [7, 11) is 0. The molecule has 144 valence electrons. The average Bonchev–Trinajstić information content (AvgIpc) is 2.57. The SMILES string of the molecule is CCCC[C@](C)(CCC(C)=O)Nc1nc(Cl)nc2c1CCN(C(C)=O)C2. The van der Waals surface area contributed by atoms with E-state index in [9.17, 15) is 9.59 Å². The molecule has 0 bridgehead atoms. The Hall–Kier alpha value is -1.69. The molecule has 26 heavy (non-hydrogen) atoms. The van der Waals surface area contributed by atoms with Gasteiger partial charge in [0.1, 0.15) is 11.6 Å². The van der Waals surface area contributed by atoms with E-state index >= 15 is 0 Å². The third-order valence-corrected chi connectivity index (χ3v) is 5.18. The van der Waals surface area contributed by atoms with Crippen molar-refractivity contribution >= 4 is 29.1 Å². The Morgan fingerprint density at radius 1 is 1.27 bits per heavy atom. The van der Waals surface area contributed by atoms with Crippen molar-refractivity contribution in [3.05, 3.63) is 16.5 Å². The van der Waals surface area contributed by atoms with Gasteiger partial charge in [0.25, 0.3) is 0 Å². The van der Waals surface area contributed by atoms with E-state index in [1.165, 1.54) is 0 Å². The molecule has 0 saturated carbocycles. The van der Waals surface area contributed by atoms with Crippen molar-refractivity contribution in [3.8, 4) is 0 Å². The number of carbonyl (C=O) groups is 2. The van der Waals surface area contributed by atoms with Gasteiger partial charge in [0.15, 0.2) is 0 Å². The number of hydrogen-bond donors (Lipinski definition) is 1. The number of ketones is 1. The first-order valence-electron chi connectivity index (χ1n) is 9.32. The summed E-state index contributed by atoms with van der Waals surface area (Å²) in [4.78, 5) is 33.7. The molecule has 2 rings (SSSR count). The van der Waals surface area contributed by atoms with Crippen LogP contribution in [0.4, 0.5) is 5.82 Å². The molecule has 0 spiro atoms. The normalized spacial score (nSPS) is 16.0. The number of nitrogens with one attached hydrogen (secondary N) is 1. The van der Waals surface area contributed by atoms with Crippen LogP contribution in [0.5, 0.6) is 0 Å². The highest BCUT2D eigenvalue weighted by Gasteiger charge is 2.29. The van der Waals surface area contributed by atoms with Gasteiger partial charge in [-0.2, -0.15) is 0 Å². The monoisotopic (exact) mass is 380 g/mol. The molecule has 1 atom stereocenters. The van der Waals surface area contributed by atoms with Crippen molar-refractivity contribution < 1.29 is 9.59 Å². The molecule has 7 heteroatoms. The minimum absolute atomic E-state index is 0.0362. The second-order valence-electron chi connectivity index (χ2n) is 7.45. The Bertz CT molecular complexity index is 680. The summed E-state index contributed by atoms with van der Waals surface area (Å²) in [5.74, 6) is 0.967. The Labute approximate surface area is 160 Å². The number of nitrogens with zero attached hydrogens (tertiary/aromatic N) is 3. The lowest BCUT2D eigenvalue weighted by Gasteiger charge is -2.34. The fourth-order valence-corrected chi connectivity index (χ4v) is 3.51. The van der Waals surface area contributed by atoms with Crippen LogP contribution in [-0.4, -0.2) is 38.6 Å². The van der Waals surface area contributed by atoms with E-state index in [4.69, 9.17) is 11.6 Å². The molecule has 2 heterocycles. The lowest BCUT2D eigenvalue weighted by molar-refractivity contribution is -0.129. The standard InChI is InChI=1S/C19H29ClN4O2/c1-5-6-9-19(4,10-7-13(2)25)23-17-15-8-11-24(14(3)26)12-16(15)21-18(20)22-17/h5-12H2,1-4H3,(H,21,22,23)/t19-/m1/s1. The van der Waals surface area contributed by atoms with E-state index in [1.54, 1.807) is 18.7 Å². The van der Waals surface area contributed by atoms with Crippen molar-refractivity contribution in [3.63, 3.8) is 0 Å². The molecule has 0 radical (unpaired) electrons. The summed E-state index contributed by atoms with van der Waals surface area (Å²) in [6, 6.07) is 0. The third kappa shape index (κ3) is 5.40. The molecule has 0 unspecified atom stereocenters. The highest BCUT2D eigenvalue weighted by atomic mass is 35.5. The topological polar surface area (TPSA) is 75.2 Å². The number of halogens is 1. The van der Waals surface area contributed by atoms with Gasteiger partial charge in [-0.05, 0) is 44.7 Å². The molecule has 0 fully saturated rings. The quantitative estimate of drug-likeness (QED) is 0.695. The Kier molecular flexibility index (Phi) is 6.98. The van der Waals surface area contributed by atoms with Crippen LogP contribution in [0, 0.1) is 0 Å². The highest BCUT2D eigenvalue weighted by Crippen LogP contribution is 2.31. The number of rotatable bonds is 8. The van der Waals surface area contributed by atoms with Crippen LogP contribution in [0.2, 0.25) is 5.28 Å². The zero-order valence-electron chi connectivity index (χ0n) is 16.2. The van der Waals surface area contributed by atoms with Gasteiger partial charge in [0.2, 0.25) is 11.2 Å². The molecular formula is C19H29ClN4O2. The fourth-order valence-electron chi connectivity index (χ4n) is 3.33. The maximum Gasteiger partial charge on any atom is 0.224 e.